The van der Waals surface area contributed by atoms with Gasteiger partial charge in [0.15, 0.2) is 0 Å². The molecule has 0 radical (unpaired) electrons. The van der Waals surface area contributed by atoms with Crippen molar-refractivity contribution in [3.8, 4) is 6.01 Å². The number of halogens is 1. The fourth-order valence-electron chi connectivity index (χ4n) is 0.925. The minimum absolute atomic E-state index is 0.0187. The first-order chi connectivity index (χ1) is 7.88. The van der Waals surface area contributed by atoms with Crippen LogP contribution in [0.1, 0.15) is 20.8 Å². The summed E-state index contributed by atoms with van der Waals surface area (Å²) >= 11 is 5.70. The highest BCUT2D eigenvalue weighted by atomic mass is 35.5. The van der Waals surface area contributed by atoms with Gasteiger partial charge in [-0.25, -0.2) is 0 Å². The van der Waals surface area contributed by atoms with E-state index in [2.05, 4.69) is 20.3 Å². The molecule has 3 N–H and O–H groups in total. The van der Waals surface area contributed by atoms with Crippen molar-refractivity contribution in [3.05, 3.63) is 5.28 Å². The fourth-order valence-corrected chi connectivity index (χ4v) is 1.08. The lowest BCUT2D eigenvalue weighted by atomic mass is 10.3. The van der Waals surface area contributed by atoms with Gasteiger partial charge in [-0.3, -0.25) is 4.79 Å². The molecule has 0 bridgehead atoms. The van der Waals surface area contributed by atoms with Crippen LogP contribution in [0.25, 0.3) is 0 Å². The molecule has 8 heteroatoms. The number of nitrogens with two attached hydrogens (primary N) is 1. The second kappa shape index (κ2) is 5.62. The minimum atomic E-state index is -0.611. The van der Waals surface area contributed by atoms with Gasteiger partial charge in [-0.15, -0.1) is 0 Å². The third-order valence-corrected chi connectivity index (χ3v) is 1.87. The van der Waals surface area contributed by atoms with Gasteiger partial charge >= 0.3 is 6.01 Å². The Labute approximate surface area is 104 Å². The Morgan fingerprint density at radius 3 is 2.53 bits per heavy atom. The number of hydrogen-bond donors (Lipinski definition) is 2. The lowest BCUT2D eigenvalue weighted by molar-refractivity contribution is -0.118. The summed E-state index contributed by atoms with van der Waals surface area (Å²) < 4.78 is 5.27. The van der Waals surface area contributed by atoms with Gasteiger partial charge < -0.3 is 15.8 Å². The number of hydrogen-bond acceptors (Lipinski definition) is 6. The fraction of sp³-hybridized carbons (Fsp3) is 0.556. The Morgan fingerprint density at radius 2 is 2.00 bits per heavy atom. The van der Waals surface area contributed by atoms with Crippen molar-refractivity contribution in [1.29, 1.82) is 0 Å². The van der Waals surface area contributed by atoms with Crippen molar-refractivity contribution in [2.75, 3.05) is 5.32 Å². The van der Waals surface area contributed by atoms with Crippen LogP contribution in [-0.4, -0.2) is 33.0 Å². The Hall–Kier alpha value is -1.63. The Morgan fingerprint density at radius 1 is 1.35 bits per heavy atom. The van der Waals surface area contributed by atoms with Crippen molar-refractivity contribution in [3.63, 3.8) is 0 Å². The van der Waals surface area contributed by atoms with Crippen LogP contribution in [0.2, 0.25) is 5.28 Å². The Balaban J connectivity index is 2.85. The molecule has 0 saturated carbocycles. The number of anilines is 1. The van der Waals surface area contributed by atoms with Crippen LogP contribution in [0, 0.1) is 0 Å². The molecular weight excluding hydrogens is 246 g/mol. The molecule has 0 aliphatic carbocycles. The summed E-state index contributed by atoms with van der Waals surface area (Å²) in [5.74, 6) is -0.375. The summed E-state index contributed by atoms with van der Waals surface area (Å²) in [4.78, 5) is 22.4. The maximum Gasteiger partial charge on any atom is 0.322 e. The van der Waals surface area contributed by atoms with E-state index in [-0.39, 0.29) is 23.3 Å². The molecule has 1 aromatic rings. The lowest BCUT2D eigenvalue weighted by Crippen LogP contribution is -2.33. The number of primary amides is 1. The van der Waals surface area contributed by atoms with Crippen LogP contribution in [0.3, 0.4) is 0 Å². The normalized spacial score (nSPS) is 12.3. The lowest BCUT2D eigenvalue weighted by Gasteiger charge is -2.12. The van der Waals surface area contributed by atoms with E-state index in [0.29, 0.717) is 0 Å². The quantitative estimate of drug-likeness (QED) is 0.803. The molecule has 0 fully saturated rings. The summed E-state index contributed by atoms with van der Waals surface area (Å²) in [7, 11) is 0. The third-order valence-electron chi connectivity index (χ3n) is 1.70. The van der Waals surface area contributed by atoms with E-state index in [4.69, 9.17) is 22.1 Å². The van der Waals surface area contributed by atoms with Gasteiger partial charge in [-0.05, 0) is 32.4 Å². The van der Waals surface area contributed by atoms with Crippen molar-refractivity contribution < 1.29 is 9.53 Å². The SMILES string of the molecule is CC(C)Oc1nc(Cl)nc(NC(C)C(N)=O)n1. The number of amides is 1. The molecule has 0 aliphatic heterocycles. The number of carbonyl (C=O) groups excluding carboxylic acids is 1. The summed E-state index contributed by atoms with van der Waals surface area (Å²) in [5.41, 5.74) is 5.10. The molecule has 1 heterocycles. The van der Waals surface area contributed by atoms with E-state index < -0.39 is 11.9 Å². The van der Waals surface area contributed by atoms with Crippen LogP contribution in [0.5, 0.6) is 6.01 Å². The minimum Gasteiger partial charge on any atom is -0.461 e. The topological polar surface area (TPSA) is 103 Å². The van der Waals surface area contributed by atoms with E-state index in [1.54, 1.807) is 6.92 Å². The predicted octanol–water partition coefficient (Wildman–Crippen LogP) is 0.598. The van der Waals surface area contributed by atoms with Crippen LogP contribution >= 0.6 is 11.6 Å². The number of aromatic nitrogens is 3. The summed E-state index contributed by atoms with van der Waals surface area (Å²) in [6, 6.07) is -0.514. The summed E-state index contributed by atoms with van der Waals surface area (Å²) in [5, 5.41) is 2.68. The van der Waals surface area contributed by atoms with Gasteiger partial charge in [0.2, 0.25) is 17.1 Å². The van der Waals surface area contributed by atoms with E-state index in [1.807, 2.05) is 13.8 Å². The zero-order chi connectivity index (χ0) is 13.0. The van der Waals surface area contributed by atoms with E-state index in [9.17, 15) is 4.79 Å². The number of ether oxygens (including phenoxy) is 1. The van der Waals surface area contributed by atoms with Gasteiger partial charge in [0, 0.05) is 0 Å². The maximum atomic E-state index is 10.9. The highest BCUT2D eigenvalue weighted by molar-refractivity contribution is 6.28. The summed E-state index contributed by atoms with van der Waals surface area (Å²) in [6.07, 6.45) is -0.0881. The van der Waals surface area contributed by atoms with Crippen molar-refractivity contribution in [2.45, 2.75) is 32.9 Å². The molecule has 0 aliphatic rings. The first-order valence-electron chi connectivity index (χ1n) is 5.02. The van der Waals surface area contributed by atoms with Crippen LogP contribution in [0.4, 0.5) is 5.95 Å². The molecule has 1 atom stereocenters. The average Bonchev–Trinajstić information content (AvgIpc) is 2.14. The zero-order valence-electron chi connectivity index (χ0n) is 9.77. The Bertz CT molecular complexity index is 412. The van der Waals surface area contributed by atoms with Gasteiger partial charge in [-0.1, -0.05) is 0 Å². The monoisotopic (exact) mass is 259 g/mol. The molecular formula is C9H14ClN5O2. The van der Waals surface area contributed by atoms with Gasteiger partial charge in [0.1, 0.15) is 6.04 Å². The molecule has 94 valence electrons. The van der Waals surface area contributed by atoms with Crippen molar-refractivity contribution in [1.82, 2.24) is 15.0 Å². The number of nitrogens with zero attached hydrogens (tertiary/aromatic N) is 3. The maximum absolute atomic E-state index is 10.9. The van der Waals surface area contributed by atoms with Crippen LogP contribution in [0.15, 0.2) is 0 Å². The number of carbonyl (C=O) groups is 1. The molecule has 1 amide bonds. The largest absolute Gasteiger partial charge is 0.461 e. The molecule has 1 unspecified atom stereocenters. The highest BCUT2D eigenvalue weighted by Crippen LogP contribution is 2.13. The molecule has 0 saturated heterocycles. The average molecular weight is 260 g/mol. The second-order valence-electron chi connectivity index (χ2n) is 3.65. The van der Waals surface area contributed by atoms with E-state index in [1.165, 1.54) is 0 Å². The molecule has 0 spiro atoms. The van der Waals surface area contributed by atoms with E-state index in [0.717, 1.165) is 0 Å². The van der Waals surface area contributed by atoms with Gasteiger partial charge in [-0.2, -0.15) is 15.0 Å². The van der Waals surface area contributed by atoms with Crippen molar-refractivity contribution in [2.24, 2.45) is 5.73 Å². The van der Waals surface area contributed by atoms with Crippen LogP contribution in [-0.2, 0) is 4.79 Å². The zero-order valence-corrected chi connectivity index (χ0v) is 10.5. The number of nitrogens with one attached hydrogen (secondary N) is 1. The molecule has 17 heavy (non-hydrogen) atoms. The van der Waals surface area contributed by atoms with Crippen LogP contribution < -0.4 is 15.8 Å². The van der Waals surface area contributed by atoms with Gasteiger partial charge in [0.05, 0.1) is 6.10 Å². The standard InChI is InChI=1S/C9H14ClN5O2/c1-4(2)17-9-14-7(10)13-8(15-9)12-5(3)6(11)16/h4-5H,1-3H3,(H2,11,16)(H,12,13,14,15). The molecule has 0 aromatic carbocycles. The smallest absolute Gasteiger partial charge is 0.322 e. The first-order valence-corrected chi connectivity index (χ1v) is 5.40. The Kier molecular flexibility index (Phi) is 4.45. The predicted molar refractivity (Wildman–Crippen MR) is 62.9 cm³/mol. The van der Waals surface area contributed by atoms with Crippen molar-refractivity contribution >= 4 is 23.5 Å². The van der Waals surface area contributed by atoms with Gasteiger partial charge in [0.25, 0.3) is 0 Å². The molecule has 7 nitrogen and oxygen atoms in total. The highest BCUT2D eigenvalue weighted by Gasteiger charge is 2.12. The first kappa shape index (κ1) is 13.4. The second-order valence-corrected chi connectivity index (χ2v) is 3.98. The van der Waals surface area contributed by atoms with E-state index >= 15 is 0 Å². The third kappa shape index (κ3) is 4.39. The summed E-state index contributed by atoms with van der Waals surface area (Å²) in [6.45, 7) is 5.25. The molecule has 1 aromatic heterocycles. The number of rotatable bonds is 5. The molecule has 1 rings (SSSR count).